The Kier molecular flexibility index (Phi) is 2.58. The van der Waals surface area contributed by atoms with Gasteiger partial charge in [-0.25, -0.2) is 4.39 Å². The molecule has 0 atom stereocenters. The van der Waals surface area contributed by atoms with E-state index < -0.39 is 5.82 Å². The van der Waals surface area contributed by atoms with Gasteiger partial charge in [-0.05, 0) is 19.1 Å². The maximum Gasteiger partial charge on any atom is 0.165 e. The fraction of sp³-hybridized carbons (Fsp3) is 0.300. The van der Waals surface area contributed by atoms with Crippen molar-refractivity contribution >= 4 is 5.78 Å². The Bertz CT molecular complexity index is 305. The standard InChI is InChI=1S/C10H11FO/c1-3-10(12)8-6-7(2)4-5-9(8)11/h4-6H,3H2,1-2H3. The lowest BCUT2D eigenvalue weighted by atomic mass is 10.1. The Balaban J connectivity index is 3.13. The van der Waals surface area contributed by atoms with Gasteiger partial charge in [0.05, 0.1) is 5.56 Å². The minimum absolute atomic E-state index is 0.142. The summed E-state index contributed by atoms with van der Waals surface area (Å²) >= 11 is 0. The molecule has 0 saturated heterocycles. The highest BCUT2D eigenvalue weighted by atomic mass is 19.1. The van der Waals surface area contributed by atoms with E-state index in [1.807, 2.05) is 6.92 Å². The van der Waals surface area contributed by atoms with Crippen molar-refractivity contribution in [1.29, 1.82) is 0 Å². The van der Waals surface area contributed by atoms with Crippen LogP contribution in [0.2, 0.25) is 0 Å². The van der Waals surface area contributed by atoms with Gasteiger partial charge in [0.2, 0.25) is 0 Å². The summed E-state index contributed by atoms with van der Waals surface area (Å²) in [6.45, 7) is 3.57. The van der Waals surface area contributed by atoms with Gasteiger partial charge in [-0.15, -0.1) is 0 Å². The summed E-state index contributed by atoms with van der Waals surface area (Å²) in [6, 6.07) is 4.57. The molecule has 0 aliphatic heterocycles. The predicted molar refractivity (Wildman–Crippen MR) is 45.8 cm³/mol. The smallest absolute Gasteiger partial charge is 0.165 e. The van der Waals surface area contributed by atoms with Gasteiger partial charge in [0.25, 0.3) is 0 Å². The van der Waals surface area contributed by atoms with Crippen LogP contribution in [0.4, 0.5) is 4.39 Å². The van der Waals surface area contributed by atoms with Crippen molar-refractivity contribution in [3.8, 4) is 0 Å². The second-order valence-electron chi connectivity index (χ2n) is 2.76. The molecule has 0 unspecified atom stereocenters. The van der Waals surface area contributed by atoms with Gasteiger partial charge in [0, 0.05) is 6.42 Å². The summed E-state index contributed by atoms with van der Waals surface area (Å²) in [5, 5.41) is 0. The van der Waals surface area contributed by atoms with Crippen molar-refractivity contribution in [3.05, 3.63) is 35.1 Å². The van der Waals surface area contributed by atoms with E-state index in [1.54, 1.807) is 19.1 Å². The molecular formula is C10H11FO. The summed E-state index contributed by atoms with van der Waals surface area (Å²) < 4.78 is 13.0. The molecule has 0 spiro atoms. The van der Waals surface area contributed by atoms with E-state index in [4.69, 9.17) is 0 Å². The van der Waals surface area contributed by atoms with E-state index in [1.165, 1.54) is 6.07 Å². The Morgan fingerprint density at radius 2 is 2.17 bits per heavy atom. The first kappa shape index (κ1) is 8.91. The van der Waals surface area contributed by atoms with Crippen LogP contribution in [0.25, 0.3) is 0 Å². The van der Waals surface area contributed by atoms with E-state index in [2.05, 4.69) is 0 Å². The molecule has 0 bridgehead atoms. The highest BCUT2D eigenvalue weighted by molar-refractivity contribution is 5.96. The minimum Gasteiger partial charge on any atom is -0.294 e. The van der Waals surface area contributed by atoms with Gasteiger partial charge in [0.15, 0.2) is 5.78 Å². The molecule has 1 aromatic carbocycles. The van der Waals surface area contributed by atoms with Crippen LogP contribution in [0.5, 0.6) is 0 Å². The van der Waals surface area contributed by atoms with Crippen molar-refractivity contribution in [3.63, 3.8) is 0 Å². The number of hydrogen-bond acceptors (Lipinski definition) is 1. The third kappa shape index (κ3) is 1.70. The van der Waals surface area contributed by atoms with Crippen LogP contribution in [0, 0.1) is 12.7 Å². The lowest BCUT2D eigenvalue weighted by Crippen LogP contribution is -2.00. The fourth-order valence-corrected chi connectivity index (χ4v) is 1.04. The zero-order valence-electron chi connectivity index (χ0n) is 7.23. The topological polar surface area (TPSA) is 17.1 Å². The molecule has 0 fully saturated rings. The molecule has 1 nitrogen and oxygen atoms in total. The number of Topliss-reactive ketones (excluding diaryl/α,β-unsaturated/α-hetero) is 1. The van der Waals surface area contributed by atoms with Crippen LogP contribution in [0.15, 0.2) is 18.2 Å². The monoisotopic (exact) mass is 166 g/mol. The second kappa shape index (κ2) is 3.48. The molecule has 0 amide bonds. The molecule has 1 rings (SSSR count). The van der Waals surface area contributed by atoms with Crippen molar-refractivity contribution in [2.24, 2.45) is 0 Å². The molecular weight excluding hydrogens is 155 g/mol. The van der Waals surface area contributed by atoms with Gasteiger partial charge >= 0.3 is 0 Å². The number of benzene rings is 1. The third-order valence-corrected chi connectivity index (χ3v) is 1.74. The number of carbonyl (C=O) groups excluding carboxylic acids is 1. The van der Waals surface area contributed by atoms with Crippen LogP contribution in [0.3, 0.4) is 0 Å². The molecule has 0 aromatic heterocycles. The summed E-state index contributed by atoms with van der Waals surface area (Å²) in [7, 11) is 0. The first-order valence-electron chi connectivity index (χ1n) is 3.94. The quantitative estimate of drug-likeness (QED) is 0.617. The zero-order valence-corrected chi connectivity index (χ0v) is 7.23. The Morgan fingerprint density at radius 1 is 1.50 bits per heavy atom. The molecule has 64 valence electrons. The molecule has 0 N–H and O–H groups in total. The van der Waals surface area contributed by atoms with Crippen LogP contribution in [0.1, 0.15) is 29.3 Å². The van der Waals surface area contributed by atoms with Crippen LogP contribution < -0.4 is 0 Å². The molecule has 2 heteroatoms. The molecule has 0 radical (unpaired) electrons. The molecule has 0 saturated carbocycles. The predicted octanol–water partition coefficient (Wildman–Crippen LogP) is 2.73. The van der Waals surface area contributed by atoms with Crippen LogP contribution in [-0.4, -0.2) is 5.78 Å². The first-order chi connectivity index (χ1) is 5.65. The van der Waals surface area contributed by atoms with Gasteiger partial charge in [-0.3, -0.25) is 4.79 Å². The fourth-order valence-electron chi connectivity index (χ4n) is 1.04. The normalized spacial score (nSPS) is 9.92. The molecule has 0 aliphatic carbocycles. The average Bonchev–Trinajstić information content (AvgIpc) is 2.08. The highest BCUT2D eigenvalue weighted by Gasteiger charge is 2.08. The lowest BCUT2D eigenvalue weighted by molar-refractivity contribution is 0.0984. The number of halogens is 1. The lowest BCUT2D eigenvalue weighted by Gasteiger charge is -2.00. The maximum absolute atomic E-state index is 13.0. The van der Waals surface area contributed by atoms with E-state index in [0.29, 0.717) is 6.42 Å². The van der Waals surface area contributed by atoms with Crippen LogP contribution in [-0.2, 0) is 0 Å². The number of carbonyl (C=O) groups is 1. The van der Waals surface area contributed by atoms with E-state index in [9.17, 15) is 9.18 Å². The Morgan fingerprint density at radius 3 is 2.75 bits per heavy atom. The number of hydrogen-bond donors (Lipinski definition) is 0. The van der Waals surface area contributed by atoms with E-state index in [0.717, 1.165) is 5.56 Å². The van der Waals surface area contributed by atoms with Crippen molar-refractivity contribution in [2.75, 3.05) is 0 Å². The molecule has 0 heterocycles. The molecule has 12 heavy (non-hydrogen) atoms. The number of rotatable bonds is 2. The second-order valence-corrected chi connectivity index (χ2v) is 2.76. The zero-order chi connectivity index (χ0) is 9.14. The summed E-state index contributed by atoms with van der Waals surface area (Å²) in [4.78, 5) is 11.1. The molecule has 0 aliphatic rings. The number of aryl methyl sites for hydroxylation is 1. The summed E-state index contributed by atoms with van der Waals surface area (Å²) in [6.07, 6.45) is 0.348. The molecule has 1 aromatic rings. The van der Waals surface area contributed by atoms with Crippen molar-refractivity contribution in [2.45, 2.75) is 20.3 Å². The minimum atomic E-state index is -0.424. The largest absolute Gasteiger partial charge is 0.294 e. The summed E-state index contributed by atoms with van der Waals surface area (Å²) in [5.41, 5.74) is 1.12. The van der Waals surface area contributed by atoms with Crippen molar-refractivity contribution < 1.29 is 9.18 Å². The van der Waals surface area contributed by atoms with E-state index >= 15 is 0 Å². The van der Waals surface area contributed by atoms with Gasteiger partial charge in [-0.1, -0.05) is 18.6 Å². The average molecular weight is 166 g/mol. The Labute approximate surface area is 71.2 Å². The van der Waals surface area contributed by atoms with Crippen LogP contribution >= 0.6 is 0 Å². The van der Waals surface area contributed by atoms with Crippen molar-refractivity contribution in [1.82, 2.24) is 0 Å². The number of ketones is 1. The van der Waals surface area contributed by atoms with Gasteiger partial charge in [0.1, 0.15) is 5.82 Å². The van der Waals surface area contributed by atoms with Gasteiger partial charge < -0.3 is 0 Å². The SMILES string of the molecule is CCC(=O)c1cc(C)ccc1F. The van der Waals surface area contributed by atoms with Gasteiger partial charge in [-0.2, -0.15) is 0 Å². The Hall–Kier alpha value is -1.18. The van der Waals surface area contributed by atoms with E-state index in [-0.39, 0.29) is 11.3 Å². The highest BCUT2D eigenvalue weighted by Crippen LogP contribution is 2.11. The summed E-state index contributed by atoms with van der Waals surface area (Å²) in [5.74, 6) is -0.566. The third-order valence-electron chi connectivity index (χ3n) is 1.74. The maximum atomic E-state index is 13.0. The first-order valence-corrected chi connectivity index (χ1v) is 3.94.